The molecule has 0 aliphatic carbocycles. The maximum atomic E-state index is 5.54. The number of hydrogen-bond acceptors (Lipinski definition) is 4. The SMILES string of the molecule is Cc1ccc(-c2nc3cccnc3n2-c2ccco2)s1. The predicted molar refractivity (Wildman–Crippen MR) is 79.2 cm³/mol. The largest absolute Gasteiger partial charge is 0.448 e. The van der Waals surface area contributed by atoms with E-state index in [0.29, 0.717) is 0 Å². The van der Waals surface area contributed by atoms with Gasteiger partial charge in [0.25, 0.3) is 0 Å². The highest BCUT2D eigenvalue weighted by Crippen LogP contribution is 2.31. The van der Waals surface area contributed by atoms with Crippen molar-refractivity contribution >= 4 is 22.5 Å². The van der Waals surface area contributed by atoms with E-state index in [2.05, 4.69) is 24.0 Å². The smallest absolute Gasteiger partial charge is 0.206 e. The lowest BCUT2D eigenvalue weighted by Crippen LogP contribution is -1.95. The van der Waals surface area contributed by atoms with Crippen LogP contribution in [0.25, 0.3) is 27.7 Å². The summed E-state index contributed by atoms with van der Waals surface area (Å²) in [4.78, 5) is 11.5. The lowest BCUT2D eigenvalue weighted by molar-refractivity contribution is 0.543. The lowest BCUT2D eigenvalue weighted by atomic mass is 10.4. The monoisotopic (exact) mass is 281 g/mol. The molecule has 0 N–H and O–H groups in total. The Bertz CT molecular complexity index is 874. The van der Waals surface area contributed by atoms with Gasteiger partial charge in [-0.3, -0.25) is 0 Å². The zero-order chi connectivity index (χ0) is 13.5. The molecule has 4 nitrogen and oxygen atoms in total. The van der Waals surface area contributed by atoms with Crippen LogP contribution in [0.4, 0.5) is 0 Å². The molecular formula is C15H11N3OS. The van der Waals surface area contributed by atoms with Crippen molar-refractivity contribution in [3.05, 3.63) is 53.7 Å². The van der Waals surface area contributed by atoms with Crippen LogP contribution < -0.4 is 0 Å². The molecule has 4 rings (SSSR count). The number of thiophene rings is 1. The Morgan fingerprint density at radius 1 is 1.15 bits per heavy atom. The Balaban J connectivity index is 2.07. The second-order valence-electron chi connectivity index (χ2n) is 4.48. The zero-order valence-electron chi connectivity index (χ0n) is 10.8. The third-order valence-corrected chi connectivity index (χ3v) is 4.10. The Morgan fingerprint density at radius 2 is 2.10 bits per heavy atom. The summed E-state index contributed by atoms with van der Waals surface area (Å²) in [6, 6.07) is 11.8. The van der Waals surface area contributed by atoms with Gasteiger partial charge >= 0.3 is 0 Å². The molecule has 4 heterocycles. The number of aromatic nitrogens is 3. The van der Waals surface area contributed by atoms with Gasteiger partial charge in [-0.2, -0.15) is 0 Å². The number of hydrogen-bond donors (Lipinski definition) is 0. The van der Waals surface area contributed by atoms with Gasteiger partial charge in [0.2, 0.25) is 5.88 Å². The van der Waals surface area contributed by atoms with E-state index in [0.717, 1.165) is 27.7 Å². The predicted octanol–water partition coefficient (Wildman–Crippen LogP) is 4.05. The van der Waals surface area contributed by atoms with Crippen molar-refractivity contribution in [2.45, 2.75) is 6.92 Å². The van der Waals surface area contributed by atoms with Gasteiger partial charge in [0.05, 0.1) is 11.1 Å². The first-order valence-corrected chi connectivity index (χ1v) is 7.09. The normalized spacial score (nSPS) is 11.2. The lowest BCUT2D eigenvalue weighted by Gasteiger charge is -2.02. The van der Waals surface area contributed by atoms with Gasteiger partial charge in [0.15, 0.2) is 11.5 Å². The Labute approximate surface area is 119 Å². The van der Waals surface area contributed by atoms with Gasteiger partial charge in [0.1, 0.15) is 5.52 Å². The van der Waals surface area contributed by atoms with Crippen LogP contribution >= 0.6 is 11.3 Å². The molecule has 20 heavy (non-hydrogen) atoms. The van der Waals surface area contributed by atoms with E-state index >= 15 is 0 Å². The minimum atomic E-state index is 0.729. The first-order chi connectivity index (χ1) is 9.83. The third kappa shape index (κ3) is 1.67. The molecule has 5 heteroatoms. The molecule has 0 aliphatic heterocycles. The van der Waals surface area contributed by atoms with E-state index in [-0.39, 0.29) is 0 Å². The molecular weight excluding hydrogens is 270 g/mol. The number of fused-ring (bicyclic) bond motifs is 1. The summed E-state index contributed by atoms with van der Waals surface area (Å²) in [5.41, 5.74) is 1.67. The number of furan rings is 1. The van der Waals surface area contributed by atoms with Crippen LogP contribution in [-0.4, -0.2) is 14.5 Å². The molecule has 0 aliphatic rings. The van der Waals surface area contributed by atoms with E-state index in [1.807, 2.05) is 28.8 Å². The molecule has 0 atom stereocenters. The quantitative estimate of drug-likeness (QED) is 0.556. The highest BCUT2D eigenvalue weighted by atomic mass is 32.1. The molecule has 0 radical (unpaired) electrons. The summed E-state index contributed by atoms with van der Waals surface area (Å²) in [6.07, 6.45) is 3.43. The van der Waals surface area contributed by atoms with Gasteiger partial charge in [0, 0.05) is 17.1 Å². The fourth-order valence-corrected chi connectivity index (χ4v) is 3.09. The first kappa shape index (κ1) is 11.4. The Kier molecular flexibility index (Phi) is 2.47. The number of imidazole rings is 1. The van der Waals surface area contributed by atoms with E-state index in [1.165, 1.54) is 4.88 Å². The van der Waals surface area contributed by atoms with Gasteiger partial charge in [-0.1, -0.05) is 0 Å². The van der Waals surface area contributed by atoms with Crippen LogP contribution in [-0.2, 0) is 0 Å². The highest BCUT2D eigenvalue weighted by Gasteiger charge is 2.17. The molecule has 0 saturated carbocycles. The molecule has 0 amide bonds. The van der Waals surface area contributed by atoms with E-state index < -0.39 is 0 Å². The molecule has 4 aromatic heterocycles. The second kappa shape index (κ2) is 4.31. The molecule has 98 valence electrons. The number of pyridine rings is 1. The van der Waals surface area contributed by atoms with E-state index in [4.69, 9.17) is 9.40 Å². The number of nitrogens with zero attached hydrogens (tertiary/aromatic N) is 3. The minimum Gasteiger partial charge on any atom is -0.448 e. The van der Waals surface area contributed by atoms with Crippen LogP contribution in [0, 0.1) is 6.92 Å². The van der Waals surface area contributed by atoms with Crippen LogP contribution in [0.5, 0.6) is 0 Å². The first-order valence-electron chi connectivity index (χ1n) is 6.27. The standard InChI is InChI=1S/C15H11N3OS/c1-10-6-7-12(20-10)15-17-11-4-2-8-16-14(11)18(15)13-5-3-9-19-13/h2-9H,1H3. The summed E-state index contributed by atoms with van der Waals surface area (Å²) < 4.78 is 7.50. The van der Waals surface area contributed by atoms with Crippen molar-refractivity contribution < 1.29 is 4.42 Å². The third-order valence-electron chi connectivity index (χ3n) is 3.10. The molecule has 0 fully saturated rings. The molecule has 0 aromatic carbocycles. The van der Waals surface area contributed by atoms with Crippen molar-refractivity contribution in [3.8, 4) is 16.6 Å². The maximum absolute atomic E-state index is 5.54. The average Bonchev–Trinajstić information content (AvgIpc) is 3.15. The number of aryl methyl sites for hydroxylation is 1. The Morgan fingerprint density at radius 3 is 2.85 bits per heavy atom. The topological polar surface area (TPSA) is 43.9 Å². The fourth-order valence-electron chi connectivity index (χ4n) is 2.24. The number of rotatable bonds is 2. The van der Waals surface area contributed by atoms with Crippen LogP contribution in [0.2, 0.25) is 0 Å². The van der Waals surface area contributed by atoms with Gasteiger partial charge < -0.3 is 4.42 Å². The highest BCUT2D eigenvalue weighted by molar-refractivity contribution is 7.15. The maximum Gasteiger partial charge on any atom is 0.206 e. The Hall–Kier alpha value is -2.40. The van der Waals surface area contributed by atoms with Crippen molar-refractivity contribution in [3.63, 3.8) is 0 Å². The van der Waals surface area contributed by atoms with Crippen LogP contribution in [0.15, 0.2) is 53.3 Å². The van der Waals surface area contributed by atoms with Crippen molar-refractivity contribution in [1.82, 2.24) is 14.5 Å². The van der Waals surface area contributed by atoms with Crippen LogP contribution in [0.3, 0.4) is 0 Å². The summed E-state index contributed by atoms with van der Waals surface area (Å²) in [6.45, 7) is 2.09. The van der Waals surface area contributed by atoms with Gasteiger partial charge in [-0.25, -0.2) is 14.5 Å². The summed E-state index contributed by atoms with van der Waals surface area (Å²) in [7, 11) is 0. The van der Waals surface area contributed by atoms with Gasteiger partial charge in [-0.15, -0.1) is 11.3 Å². The van der Waals surface area contributed by atoms with Crippen LogP contribution in [0.1, 0.15) is 4.88 Å². The van der Waals surface area contributed by atoms with Crippen molar-refractivity contribution in [2.75, 3.05) is 0 Å². The van der Waals surface area contributed by atoms with Crippen molar-refractivity contribution in [1.29, 1.82) is 0 Å². The zero-order valence-corrected chi connectivity index (χ0v) is 11.6. The van der Waals surface area contributed by atoms with E-state index in [1.54, 1.807) is 23.8 Å². The fraction of sp³-hybridized carbons (Fsp3) is 0.0667. The van der Waals surface area contributed by atoms with Gasteiger partial charge in [-0.05, 0) is 37.3 Å². The minimum absolute atomic E-state index is 0.729. The van der Waals surface area contributed by atoms with E-state index in [9.17, 15) is 0 Å². The molecule has 4 aromatic rings. The second-order valence-corrected chi connectivity index (χ2v) is 5.77. The molecule has 0 unspecified atom stereocenters. The summed E-state index contributed by atoms with van der Waals surface area (Å²) in [5, 5.41) is 0. The van der Waals surface area contributed by atoms with Crippen molar-refractivity contribution in [2.24, 2.45) is 0 Å². The molecule has 0 spiro atoms. The summed E-state index contributed by atoms with van der Waals surface area (Å²) >= 11 is 1.71. The summed E-state index contributed by atoms with van der Waals surface area (Å²) in [5.74, 6) is 1.60. The average molecular weight is 281 g/mol. The molecule has 0 bridgehead atoms. The molecule has 0 saturated heterocycles.